The third kappa shape index (κ3) is 3.36. The summed E-state index contributed by atoms with van der Waals surface area (Å²) in [6, 6.07) is 9.19. The standard InChI is InChI=1S/C20H22FN3O2/c1-14-2-5-17-15(12-14)3-6-18(26-17)20(25)24-10-8-23(9-11-24)19-7-4-16(21)13-22-19/h2,4-5,7,12-13,18H,3,6,8-11H2,1H3. The number of carbonyl (C=O) groups excluding carboxylic acids is 1. The van der Waals surface area contributed by atoms with E-state index in [4.69, 9.17) is 4.74 Å². The fourth-order valence-electron chi connectivity index (χ4n) is 3.61. The number of benzene rings is 1. The van der Waals surface area contributed by atoms with Crippen LogP contribution >= 0.6 is 0 Å². The molecule has 0 aliphatic carbocycles. The van der Waals surface area contributed by atoms with Gasteiger partial charge in [0.25, 0.3) is 5.91 Å². The van der Waals surface area contributed by atoms with Crippen LogP contribution in [0.15, 0.2) is 36.5 Å². The van der Waals surface area contributed by atoms with E-state index in [1.165, 1.54) is 23.4 Å². The molecule has 1 fully saturated rings. The summed E-state index contributed by atoms with van der Waals surface area (Å²) in [5.41, 5.74) is 2.39. The minimum Gasteiger partial charge on any atom is -0.480 e. The summed E-state index contributed by atoms with van der Waals surface area (Å²) in [7, 11) is 0. The van der Waals surface area contributed by atoms with Crippen molar-refractivity contribution >= 4 is 11.7 Å². The molecule has 0 spiro atoms. The summed E-state index contributed by atoms with van der Waals surface area (Å²) >= 11 is 0. The molecule has 1 saturated heterocycles. The Morgan fingerprint density at radius 1 is 1.19 bits per heavy atom. The van der Waals surface area contributed by atoms with Gasteiger partial charge in [-0.1, -0.05) is 17.7 Å². The van der Waals surface area contributed by atoms with Crippen molar-refractivity contribution in [2.75, 3.05) is 31.1 Å². The van der Waals surface area contributed by atoms with Gasteiger partial charge in [-0.3, -0.25) is 4.79 Å². The van der Waals surface area contributed by atoms with E-state index in [-0.39, 0.29) is 11.7 Å². The van der Waals surface area contributed by atoms with Crippen molar-refractivity contribution in [1.29, 1.82) is 0 Å². The van der Waals surface area contributed by atoms with Gasteiger partial charge in [-0.05, 0) is 43.5 Å². The topological polar surface area (TPSA) is 45.7 Å². The molecule has 1 unspecified atom stereocenters. The second-order valence-corrected chi connectivity index (χ2v) is 6.90. The molecular formula is C20H22FN3O2. The van der Waals surface area contributed by atoms with Crippen LogP contribution in [0.3, 0.4) is 0 Å². The fourth-order valence-corrected chi connectivity index (χ4v) is 3.61. The summed E-state index contributed by atoms with van der Waals surface area (Å²) in [5, 5.41) is 0. The SMILES string of the molecule is Cc1ccc2c(c1)CCC(C(=O)N1CCN(c3ccc(F)cn3)CC1)O2. The largest absolute Gasteiger partial charge is 0.480 e. The van der Waals surface area contributed by atoms with Crippen LogP contribution in [0.5, 0.6) is 5.75 Å². The molecule has 26 heavy (non-hydrogen) atoms. The third-order valence-electron chi connectivity index (χ3n) is 5.06. The molecule has 2 aliphatic heterocycles. The lowest BCUT2D eigenvalue weighted by Crippen LogP contribution is -2.53. The van der Waals surface area contributed by atoms with E-state index >= 15 is 0 Å². The summed E-state index contributed by atoms with van der Waals surface area (Å²) in [4.78, 5) is 20.9. The molecule has 6 heteroatoms. The molecule has 2 aliphatic rings. The van der Waals surface area contributed by atoms with Gasteiger partial charge in [0.1, 0.15) is 17.4 Å². The number of halogens is 1. The minimum absolute atomic E-state index is 0.0583. The van der Waals surface area contributed by atoms with Gasteiger partial charge in [0.2, 0.25) is 0 Å². The molecule has 4 rings (SSSR count). The van der Waals surface area contributed by atoms with Crippen LogP contribution in [0.25, 0.3) is 0 Å². The Hall–Kier alpha value is -2.63. The van der Waals surface area contributed by atoms with E-state index in [9.17, 15) is 9.18 Å². The second kappa shape index (κ2) is 6.94. The van der Waals surface area contributed by atoms with E-state index in [0.29, 0.717) is 26.2 Å². The highest BCUT2D eigenvalue weighted by atomic mass is 19.1. The predicted molar refractivity (Wildman–Crippen MR) is 96.9 cm³/mol. The van der Waals surface area contributed by atoms with E-state index in [1.54, 1.807) is 6.07 Å². The van der Waals surface area contributed by atoms with Gasteiger partial charge in [0.05, 0.1) is 6.20 Å². The first kappa shape index (κ1) is 16.8. The van der Waals surface area contributed by atoms with Crippen molar-refractivity contribution in [1.82, 2.24) is 9.88 Å². The van der Waals surface area contributed by atoms with Gasteiger partial charge in [0, 0.05) is 26.2 Å². The Morgan fingerprint density at radius 3 is 2.73 bits per heavy atom. The summed E-state index contributed by atoms with van der Waals surface area (Å²) in [6.45, 7) is 4.68. The van der Waals surface area contributed by atoms with Crippen LogP contribution < -0.4 is 9.64 Å². The normalized spacial score (nSPS) is 19.7. The number of carbonyl (C=O) groups is 1. The molecule has 0 bridgehead atoms. The van der Waals surface area contributed by atoms with Gasteiger partial charge in [-0.25, -0.2) is 9.37 Å². The van der Waals surface area contributed by atoms with E-state index < -0.39 is 6.10 Å². The van der Waals surface area contributed by atoms with Crippen LogP contribution in [0, 0.1) is 12.7 Å². The second-order valence-electron chi connectivity index (χ2n) is 6.90. The number of hydrogen-bond acceptors (Lipinski definition) is 4. The Labute approximate surface area is 152 Å². The highest BCUT2D eigenvalue weighted by Crippen LogP contribution is 2.29. The molecule has 0 saturated carbocycles. The molecule has 2 aromatic rings. The zero-order chi connectivity index (χ0) is 18.1. The zero-order valence-corrected chi connectivity index (χ0v) is 14.8. The minimum atomic E-state index is -0.402. The van der Waals surface area contributed by atoms with Gasteiger partial charge in [-0.2, -0.15) is 0 Å². The van der Waals surface area contributed by atoms with Crippen molar-refractivity contribution in [2.45, 2.75) is 25.9 Å². The lowest BCUT2D eigenvalue weighted by molar-refractivity contribution is -0.139. The number of hydrogen-bond donors (Lipinski definition) is 0. The Kier molecular flexibility index (Phi) is 4.49. The number of fused-ring (bicyclic) bond motifs is 1. The lowest BCUT2D eigenvalue weighted by Gasteiger charge is -2.37. The summed E-state index contributed by atoms with van der Waals surface area (Å²) < 4.78 is 19.0. The molecule has 1 aromatic carbocycles. The quantitative estimate of drug-likeness (QED) is 0.831. The maximum Gasteiger partial charge on any atom is 0.263 e. The van der Waals surface area contributed by atoms with Crippen LogP contribution in [0.4, 0.5) is 10.2 Å². The Morgan fingerprint density at radius 2 is 2.00 bits per heavy atom. The van der Waals surface area contributed by atoms with E-state index in [1.807, 2.05) is 17.0 Å². The highest BCUT2D eigenvalue weighted by molar-refractivity contribution is 5.82. The van der Waals surface area contributed by atoms with Gasteiger partial charge >= 0.3 is 0 Å². The first-order valence-corrected chi connectivity index (χ1v) is 9.01. The molecule has 1 amide bonds. The molecule has 5 nitrogen and oxygen atoms in total. The number of amides is 1. The number of anilines is 1. The van der Waals surface area contributed by atoms with Gasteiger partial charge < -0.3 is 14.5 Å². The average Bonchev–Trinajstić information content (AvgIpc) is 2.68. The van der Waals surface area contributed by atoms with Crippen molar-refractivity contribution in [3.05, 3.63) is 53.5 Å². The number of nitrogens with zero attached hydrogens (tertiary/aromatic N) is 3. The Bertz CT molecular complexity index is 801. The Balaban J connectivity index is 1.36. The number of aromatic nitrogens is 1. The maximum absolute atomic E-state index is 13.0. The number of pyridine rings is 1. The monoisotopic (exact) mass is 355 g/mol. The van der Waals surface area contributed by atoms with E-state index in [2.05, 4.69) is 22.9 Å². The van der Waals surface area contributed by atoms with Crippen LogP contribution in [0.1, 0.15) is 17.5 Å². The summed E-state index contributed by atoms with van der Waals surface area (Å²) in [5.74, 6) is 1.29. The number of ether oxygens (including phenoxy) is 1. The van der Waals surface area contributed by atoms with Crippen molar-refractivity contribution in [3.8, 4) is 5.75 Å². The average molecular weight is 355 g/mol. The smallest absolute Gasteiger partial charge is 0.263 e. The number of aryl methyl sites for hydroxylation is 2. The molecule has 3 heterocycles. The molecule has 0 radical (unpaired) electrons. The van der Waals surface area contributed by atoms with Crippen molar-refractivity contribution < 1.29 is 13.9 Å². The lowest BCUT2D eigenvalue weighted by atomic mass is 9.99. The molecule has 136 valence electrons. The highest BCUT2D eigenvalue weighted by Gasteiger charge is 2.31. The zero-order valence-electron chi connectivity index (χ0n) is 14.8. The number of rotatable bonds is 2. The molecule has 1 atom stereocenters. The maximum atomic E-state index is 13.0. The van der Waals surface area contributed by atoms with Crippen LogP contribution in [0.2, 0.25) is 0 Å². The fraction of sp³-hybridized carbons (Fsp3) is 0.400. The van der Waals surface area contributed by atoms with E-state index in [0.717, 1.165) is 24.4 Å². The summed E-state index contributed by atoms with van der Waals surface area (Å²) in [6.07, 6.45) is 2.41. The molecule has 0 N–H and O–H groups in total. The predicted octanol–water partition coefficient (Wildman–Crippen LogP) is 2.57. The third-order valence-corrected chi connectivity index (χ3v) is 5.06. The first-order valence-electron chi connectivity index (χ1n) is 9.01. The van der Waals surface area contributed by atoms with Gasteiger partial charge in [0.15, 0.2) is 6.10 Å². The molecular weight excluding hydrogens is 333 g/mol. The van der Waals surface area contributed by atoms with Crippen molar-refractivity contribution in [3.63, 3.8) is 0 Å². The van der Waals surface area contributed by atoms with Crippen molar-refractivity contribution in [2.24, 2.45) is 0 Å². The number of piperazine rings is 1. The molecule has 1 aromatic heterocycles. The van der Waals surface area contributed by atoms with Gasteiger partial charge in [-0.15, -0.1) is 0 Å². The van der Waals surface area contributed by atoms with Crippen LogP contribution in [-0.4, -0.2) is 48.1 Å². The first-order chi connectivity index (χ1) is 12.6. The van der Waals surface area contributed by atoms with Crippen LogP contribution in [-0.2, 0) is 11.2 Å².